The van der Waals surface area contributed by atoms with Gasteiger partial charge in [-0.15, -0.1) is 0 Å². The van der Waals surface area contributed by atoms with E-state index in [1.54, 1.807) is 21.3 Å². The van der Waals surface area contributed by atoms with Crippen LogP contribution in [0.4, 0.5) is 4.79 Å². The molecule has 0 aromatic heterocycles. The maximum atomic E-state index is 13.9. The number of aliphatic hydroxyl groups is 1. The maximum Gasteiger partial charge on any atom is 0.410 e. The number of sulfonamides is 1. The molecule has 1 N–H and O–H groups in total. The van der Waals surface area contributed by atoms with Crippen LogP contribution in [-0.2, 0) is 19.5 Å². The van der Waals surface area contributed by atoms with Crippen LogP contribution in [0, 0.1) is 5.92 Å². The molecule has 0 unspecified atom stereocenters. The van der Waals surface area contributed by atoms with Crippen molar-refractivity contribution in [3.63, 3.8) is 0 Å². The Labute approximate surface area is 212 Å². The van der Waals surface area contributed by atoms with Gasteiger partial charge < -0.3 is 19.5 Å². The van der Waals surface area contributed by atoms with Crippen LogP contribution < -0.4 is 0 Å². The van der Waals surface area contributed by atoms with Crippen LogP contribution in [-0.4, -0.2) is 103 Å². The molecular weight excluding hydrogens is 494 g/mol. The zero-order chi connectivity index (χ0) is 24.8. The van der Waals surface area contributed by atoms with Crippen molar-refractivity contribution in [3.8, 4) is 0 Å². The first-order valence-corrected chi connectivity index (χ1v) is 14.3. The van der Waals surface area contributed by atoms with E-state index in [0.717, 1.165) is 12.8 Å². The normalized spacial score (nSPS) is 29.7. The molecule has 0 spiro atoms. The summed E-state index contributed by atoms with van der Waals surface area (Å²) in [5, 5.41) is 9.72. The van der Waals surface area contributed by atoms with E-state index in [9.17, 15) is 18.3 Å². The van der Waals surface area contributed by atoms with Gasteiger partial charge in [0, 0.05) is 37.2 Å². The van der Waals surface area contributed by atoms with Gasteiger partial charge in [-0.2, -0.15) is 4.31 Å². The summed E-state index contributed by atoms with van der Waals surface area (Å²) < 4.78 is 41.4. The lowest BCUT2D eigenvalue weighted by atomic mass is 10.0. The summed E-state index contributed by atoms with van der Waals surface area (Å²) in [4.78, 5) is 17.2. The molecule has 9 nitrogen and oxygen atoms in total. The Morgan fingerprint density at radius 2 is 1.91 bits per heavy atom. The van der Waals surface area contributed by atoms with Gasteiger partial charge >= 0.3 is 6.09 Å². The number of rotatable bonds is 7. The predicted octanol–water partition coefficient (Wildman–Crippen LogP) is 2.18. The first kappa shape index (κ1) is 25.2. The van der Waals surface area contributed by atoms with Crippen LogP contribution in [0.25, 0.3) is 0 Å². The van der Waals surface area contributed by atoms with Crippen LogP contribution in [0.1, 0.15) is 32.6 Å². The second kappa shape index (κ2) is 9.79. The van der Waals surface area contributed by atoms with Crippen molar-refractivity contribution in [2.24, 2.45) is 5.92 Å². The second-order valence-corrected chi connectivity index (χ2v) is 12.5. The van der Waals surface area contributed by atoms with Gasteiger partial charge in [-0.25, -0.2) is 13.2 Å². The van der Waals surface area contributed by atoms with Crippen LogP contribution in [0.2, 0.25) is 5.02 Å². The average molecular weight is 528 g/mol. The molecule has 2 heterocycles. The lowest BCUT2D eigenvalue weighted by molar-refractivity contribution is -0.0776. The summed E-state index contributed by atoms with van der Waals surface area (Å²) in [7, 11) is -3.85. The third-order valence-electron chi connectivity index (χ3n) is 7.80. The fourth-order valence-electron chi connectivity index (χ4n) is 5.45. The molecule has 2 saturated carbocycles. The first-order chi connectivity index (χ1) is 16.7. The zero-order valence-corrected chi connectivity index (χ0v) is 21.6. The molecule has 4 aliphatic rings. The second-order valence-electron chi connectivity index (χ2n) is 10.2. The van der Waals surface area contributed by atoms with E-state index in [-0.39, 0.29) is 36.1 Å². The van der Waals surface area contributed by atoms with Gasteiger partial charge in [-0.05, 0) is 62.8 Å². The highest BCUT2D eigenvalue weighted by molar-refractivity contribution is 7.89. The number of aliphatic hydroxyl groups excluding tert-OH is 1. The number of amides is 1. The molecular formula is C24H34ClN3O6S. The Hall–Kier alpha value is -1.43. The quantitative estimate of drug-likeness (QED) is 0.580. The molecule has 5 rings (SSSR count). The third kappa shape index (κ3) is 5.06. The lowest BCUT2D eigenvalue weighted by Crippen LogP contribution is -2.62. The van der Waals surface area contributed by atoms with E-state index in [0.29, 0.717) is 50.7 Å². The highest BCUT2D eigenvalue weighted by Crippen LogP contribution is 2.50. The monoisotopic (exact) mass is 527 g/mol. The Kier molecular flexibility index (Phi) is 7.06. The molecule has 3 atom stereocenters. The SMILES string of the molecule is C[C@H]1CN(C(=O)OC2([C@H]3COC[C@@H](C4CC4)N3S(=O)(=O)c3ccc(Cl)cc3)CC2)CCN1CCO. The topological polar surface area (TPSA) is 99.6 Å². The average Bonchev–Trinajstić information content (AvgIpc) is 3.76. The van der Waals surface area contributed by atoms with E-state index in [2.05, 4.69) is 4.90 Å². The van der Waals surface area contributed by atoms with Gasteiger partial charge in [0.05, 0.1) is 36.8 Å². The molecule has 2 aliphatic carbocycles. The molecule has 35 heavy (non-hydrogen) atoms. The number of carbonyl (C=O) groups excluding carboxylic acids is 1. The number of ether oxygens (including phenoxy) is 2. The van der Waals surface area contributed by atoms with Crippen molar-refractivity contribution >= 4 is 27.7 Å². The van der Waals surface area contributed by atoms with E-state index in [1.165, 1.54) is 12.1 Å². The van der Waals surface area contributed by atoms with E-state index >= 15 is 0 Å². The smallest absolute Gasteiger partial charge is 0.410 e. The van der Waals surface area contributed by atoms with Crippen molar-refractivity contribution in [3.05, 3.63) is 29.3 Å². The molecule has 1 aromatic carbocycles. The van der Waals surface area contributed by atoms with Gasteiger partial charge in [0.1, 0.15) is 5.60 Å². The third-order valence-corrected chi connectivity index (χ3v) is 10.0. The number of carbonyl (C=O) groups is 1. The predicted molar refractivity (Wildman–Crippen MR) is 130 cm³/mol. The molecule has 1 aromatic rings. The van der Waals surface area contributed by atoms with Crippen molar-refractivity contribution in [1.82, 2.24) is 14.1 Å². The fraction of sp³-hybridized carbons (Fsp3) is 0.708. The van der Waals surface area contributed by atoms with Gasteiger partial charge in [0.15, 0.2) is 0 Å². The van der Waals surface area contributed by atoms with Crippen LogP contribution in [0.5, 0.6) is 0 Å². The van der Waals surface area contributed by atoms with E-state index < -0.39 is 27.8 Å². The first-order valence-electron chi connectivity index (χ1n) is 12.4. The van der Waals surface area contributed by atoms with E-state index in [1.807, 2.05) is 6.92 Å². The molecule has 2 saturated heterocycles. The highest BCUT2D eigenvalue weighted by atomic mass is 35.5. The number of β-amino-alcohol motifs (C(OH)–C–C–N with tert-alkyl or cyclic N) is 1. The molecule has 4 fully saturated rings. The van der Waals surface area contributed by atoms with Gasteiger partial charge in [0.25, 0.3) is 0 Å². The minimum atomic E-state index is -3.85. The fourth-order valence-corrected chi connectivity index (χ4v) is 7.47. The maximum absolute atomic E-state index is 13.9. The van der Waals surface area contributed by atoms with Crippen LogP contribution in [0.15, 0.2) is 29.2 Å². The van der Waals surface area contributed by atoms with E-state index in [4.69, 9.17) is 21.1 Å². The largest absolute Gasteiger partial charge is 0.441 e. The number of morpholine rings is 1. The minimum Gasteiger partial charge on any atom is -0.441 e. The number of piperazine rings is 1. The number of nitrogens with zero attached hydrogens (tertiary/aromatic N) is 3. The van der Waals surface area contributed by atoms with Gasteiger partial charge in [-0.1, -0.05) is 11.6 Å². The molecule has 11 heteroatoms. The van der Waals surface area contributed by atoms with Crippen molar-refractivity contribution in [1.29, 1.82) is 0 Å². The molecule has 194 valence electrons. The van der Waals surface area contributed by atoms with Crippen LogP contribution in [0.3, 0.4) is 0 Å². The summed E-state index contributed by atoms with van der Waals surface area (Å²) in [6.07, 6.45) is 2.75. The molecule has 1 amide bonds. The van der Waals surface area contributed by atoms with Crippen molar-refractivity contribution in [2.45, 2.75) is 61.2 Å². The summed E-state index contributed by atoms with van der Waals surface area (Å²) in [6.45, 7) is 4.92. The highest BCUT2D eigenvalue weighted by Gasteiger charge is 2.61. The summed E-state index contributed by atoms with van der Waals surface area (Å²) >= 11 is 6.01. The van der Waals surface area contributed by atoms with Crippen molar-refractivity contribution in [2.75, 3.05) is 46.0 Å². The Morgan fingerprint density at radius 3 is 2.51 bits per heavy atom. The number of hydrogen-bond acceptors (Lipinski definition) is 7. The Balaban J connectivity index is 1.37. The zero-order valence-electron chi connectivity index (χ0n) is 20.0. The summed E-state index contributed by atoms with van der Waals surface area (Å²) in [5.41, 5.74) is -0.879. The summed E-state index contributed by atoms with van der Waals surface area (Å²) in [6, 6.07) is 5.51. The Morgan fingerprint density at radius 1 is 1.20 bits per heavy atom. The van der Waals surface area contributed by atoms with Gasteiger partial charge in [0.2, 0.25) is 10.0 Å². The number of hydrogen-bond donors (Lipinski definition) is 1. The van der Waals surface area contributed by atoms with Gasteiger partial charge in [-0.3, -0.25) is 4.90 Å². The number of halogens is 1. The molecule has 0 radical (unpaired) electrons. The standard InChI is InChI=1S/C24H34ClN3O6S/c1-17-14-27(11-10-26(17)12-13-29)23(30)34-24(8-9-24)22-16-33-15-21(18-2-3-18)28(22)35(31,32)20-6-4-19(25)5-7-20/h4-7,17-18,21-22,29H,2-3,8-16H2,1H3/t17-,21-,22+/m0/s1. The Bertz CT molecular complexity index is 1030. The molecule has 2 aliphatic heterocycles. The summed E-state index contributed by atoms with van der Waals surface area (Å²) in [5.74, 6) is 0.256. The molecule has 0 bridgehead atoms. The van der Waals surface area contributed by atoms with Crippen molar-refractivity contribution < 1.29 is 27.8 Å². The van der Waals surface area contributed by atoms with Crippen LogP contribution >= 0.6 is 11.6 Å². The number of benzene rings is 1. The lowest BCUT2D eigenvalue weighted by Gasteiger charge is -2.45. The minimum absolute atomic E-state index is 0.0830.